The van der Waals surface area contributed by atoms with Gasteiger partial charge in [-0.3, -0.25) is 4.79 Å². The van der Waals surface area contributed by atoms with Gasteiger partial charge >= 0.3 is 5.97 Å². The lowest BCUT2D eigenvalue weighted by molar-refractivity contribution is -0.135. The minimum Gasteiger partial charge on any atom is -0.480 e. The lowest BCUT2D eigenvalue weighted by Crippen LogP contribution is -2.29. The monoisotopic (exact) mass is 283 g/mol. The van der Waals surface area contributed by atoms with Gasteiger partial charge < -0.3 is 10.0 Å². The van der Waals surface area contributed by atoms with Crippen molar-refractivity contribution in [1.29, 1.82) is 0 Å². The molecule has 21 heavy (non-hydrogen) atoms. The van der Waals surface area contributed by atoms with E-state index in [2.05, 4.69) is 32.0 Å². The molecule has 3 nitrogen and oxygen atoms in total. The number of anilines is 1. The van der Waals surface area contributed by atoms with Gasteiger partial charge in [-0.25, -0.2) is 0 Å². The summed E-state index contributed by atoms with van der Waals surface area (Å²) < 4.78 is 0. The van der Waals surface area contributed by atoms with Crippen LogP contribution in [0.4, 0.5) is 5.69 Å². The maximum Gasteiger partial charge on any atom is 0.323 e. The smallest absolute Gasteiger partial charge is 0.323 e. The highest BCUT2D eigenvalue weighted by atomic mass is 16.4. The van der Waals surface area contributed by atoms with Crippen LogP contribution in [0.3, 0.4) is 0 Å². The van der Waals surface area contributed by atoms with Crippen molar-refractivity contribution in [3.63, 3.8) is 0 Å². The van der Waals surface area contributed by atoms with Gasteiger partial charge in [-0.1, -0.05) is 47.0 Å². The predicted molar refractivity (Wildman–Crippen MR) is 85.8 cm³/mol. The fraction of sp³-hybridized carbons (Fsp3) is 0.278. The van der Waals surface area contributed by atoms with Crippen LogP contribution in [0.15, 0.2) is 42.5 Å². The molecule has 0 aliphatic carbocycles. The van der Waals surface area contributed by atoms with Crippen LogP contribution in [0.5, 0.6) is 0 Å². The van der Waals surface area contributed by atoms with E-state index in [1.165, 1.54) is 16.7 Å². The van der Waals surface area contributed by atoms with E-state index in [1.54, 1.807) is 0 Å². The molecule has 0 unspecified atom stereocenters. The maximum absolute atomic E-state index is 11.1. The summed E-state index contributed by atoms with van der Waals surface area (Å²) in [6.07, 6.45) is 0. The zero-order valence-electron chi connectivity index (χ0n) is 12.8. The minimum absolute atomic E-state index is 0.00392. The first kappa shape index (κ1) is 15.1. The Morgan fingerprint density at radius 2 is 1.52 bits per heavy atom. The van der Waals surface area contributed by atoms with Crippen molar-refractivity contribution in [3.05, 3.63) is 64.7 Å². The Labute approximate surface area is 125 Å². The Morgan fingerprint density at radius 1 is 0.952 bits per heavy atom. The third kappa shape index (κ3) is 4.35. The number of carbonyl (C=O) groups is 1. The van der Waals surface area contributed by atoms with Gasteiger partial charge in [-0.05, 0) is 38.5 Å². The van der Waals surface area contributed by atoms with Crippen molar-refractivity contribution in [3.8, 4) is 0 Å². The van der Waals surface area contributed by atoms with E-state index in [9.17, 15) is 4.79 Å². The van der Waals surface area contributed by atoms with Gasteiger partial charge in [0.05, 0.1) is 0 Å². The van der Waals surface area contributed by atoms with Gasteiger partial charge in [-0.2, -0.15) is 0 Å². The molecule has 0 fully saturated rings. The van der Waals surface area contributed by atoms with Crippen LogP contribution in [0, 0.1) is 20.8 Å². The van der Waals surface area contributed by atoms with Crippen molar-refractivity contribution in [2.75, 3.05) is 11.4 Å². The first-order valence-corrected chi connectivity index (χ1v) is 7.04. The number of hydrogen-bond donors (Lipinski definition) is 1. The van der Waals surface area contributed by atoms with Crippen molar-refractivity contribution in [2.45, 2.75) is 27.3 Å². The normalized spacial score (nSPS) is 10.4. The summed E-state index contributed by atoms with van der Waals surface area (Å²) in [6, 6.07) is 14.3. The summed E-state index contributed by atoms with van der Waals surface area (Å²) in [4.78, 5) is 13.0. The van der Waals surface area contributed by atoms with E-state index in [4.69, 9.17) is 5.11 Å². The molecule has 110 valence electrons. The number of aryl methyl sites for hydroxylation is 3. The van der Waals surface area contributed by atoms with Gasteiger partial charge in [0.2, 0.25) is 0 Å². The van der Waals surface area contributed by atoms with Gasteiger partial charge in [0.25, 0.3) is 0 Å². The van der Waals surface area contributed by atoms with Crippen molar-refractivity contribution < 1.29 is 9.90 Å². The number of carboxylic acids is 1. The first-order chi connectivity index (χ1) is 9.94. The molecule has 2 aromatic carbocycles. The van der Waals surface area contributed by atoms with Crippen LogP contribution in [0.1, 0.15) is 22.3 Å². The minimum atomic E-state index is -0.819. The number of rotatable bonds is 5. The molecule has 2 aromatic rings. The second kappa shape index (κ2) is 6.44. The first-order valence-electron chi connectivity index (χ1n) is 7.04. The Hall–Kier alpha value is -2.29. The molecular formula is C18H21NO2. The molecule has 0 bridgehead atoms. The lowest BCUT2D eigenvalue weighted by atomic mass is 10.1. The Bertz CT molecular complexity index is 612. The van der Waals surface area contributed by atoms with Crippen molar-refractivity contribution in [1.82, 2.24) is 0 Å². The molecule has 3 heteroatoms. The molecule has 0 atom stereocenters. The van der Waals surface area contributed by atoms with E-state index in [0.29, 0.717) is 6.54 Å². The molecule has 0 aliphatic heterocycles. The van der Waals surface area contributed by atoms with E-state index in [-0.39, 0.29) is 6.54 Å². The summed E-state index contributed by atoms with van der Waals surface area (Å²) in [5.74, 6) is -0.819. The van der Waals surface area contributed by atoms with Crippen molar-refractivity contribution >= 4 is 11.7 Å². The quantitative estimate of drug-likeness (QED) is 0.909. The summed E-state index contributed by atoms with van der Waals surface area (Å²) in [5.41, 5.74) is 5.63. The van der Waals surface area contributed by atoms with E-state index < -0.39 is 5.97 Å². The third-order valence-electron chi connectivity index (χ3n) is 3.38. The van der Waals surface area contributed by atoms with Crippen LogP contribution in [0.25, 0.3) is 0 Å². The lowest BCUT2D eigenvalue weighted by Gasteiger charge is -2.23. The summed E-state index contributed by atoms with van der Waals surface area (Å²) >= 11 is 0. The second-order valence-corrected chi connectivity index (χ2v) is 5.58. The molecule has 0 spiro atoms. The fourth-order valence-corrected chi connectivity index (χ4v) is 2.54. The molecule has 0 radical (unpaired) electrons. The Balaban J connectivity index is 2.27. The standard InChI is InChI=1S/C18H21NO2/c1-13-4-6-17(7-5-13)19(12-18(20)21)11-16-9-14(2)8-15(3)10-16/h4-10H,11-12H2,1-3H3,(H,20,21). The second-order valence-electron chi connectivity index (χ2n) is 5.58. The SMILES string of the molecule is Cc1ccc(N(CC(=O)O)Cc2cc(C)cc(C)c2)cc1. The highest BCUT2D eigenvalue weighted by Gasteiger charge is 2.11. The fourth-order valence-electron chi connectivity index (χ4n) is 2.54. The average Bonchev–Trinajstić information content (AvgIpc) is 2.37. The topological polar surface area (TPSA) is 40.5 Å². The number of benzene rings is 2. The molecule has 0 amide bonds. The zero-order chi connectivity index (χ0) is 15.4. The Kier molecular flexibility index (Phi) is 4.63. The van der Waals surface area contributed by atoms with E-state index in [1.807, 2.05) is 36.1 Å². The van der Waals surface area contributed by atoms with Gasteiger partial charge in [0, 0.05) is 12.2 Å². The molecule has 0 saturated heterocycles. The Morgan fingerprint density at radius 3 is 2.05 bits per heavy atom. The molecular weight excluding hydrogens is 262 g/mol. The van der Waals surface area contributed by atoms with Gasteiger partial charge in [-0.15, -0.1) is 0 Å². The molecule has 0 aromatic heterocycles. The summed E-state index contributed by atoms with van der Waals surface area (Å²) in [5, 5.41) is 9.15. The molecule has 0 heterocycles. The number of aliphatic carboxylic acids is 1. The summed E-state index contributed by atoms with van der Waals surface area (Å²) in [6.45, 7) is 6.73. The molecule has 1 N–H and O–H groups in total. The zero-order valence-corrected chi connectivity index (χ0v) is 12.8. The van der Waals surface area contributed by atoms with Crippen molar-refractivity contribution in [2.24, 2.45) is 0 Å². The largest absolute Gasteiger partial charge is 0.480 e. The number of hydrogen-bond acceptors (Lipinski definition) is 2. The van der Waals surface area contributed by atoms with E-state index in [0.717, 1.165) is 11.3 Å². The van der Waals surface area contributed by atoms with Crippen LogP contribution >= 0.6 is 0 Å². The van der Waals surface area contributed by atoms with Crippen LogP contribution in [-0.4, -0.2) is 17.6 Å². The molecule has 0 aliphatic rings. The maximum atomic E-state index is 11.1. The molecule has 0 saturated carbocycles. The van der Waals surface area contributed by atoms with E-state index >= 15 is 0 Å². The number of carboxylic acid groups (broad SMARTS) is 1. The average molecular weight is 283 g/mol. The highest BCUT2D eigenvalue weighted by Crippen LogP contribution is 2.19. The van der Waals surface area contributed by atoms with Crippen LogP contribution in [0.2, 0.25) is 0 Å². The predicted octanol–water partition coefficient (Wildman–Crippen LogP) is 3.70. The van der Waals surface area contributed by atoms with Gasteiger partial charge in [0.15, 0.2) is 0 Å². The molecule has 2 rings (SSSR count). The summed E-state index contributed by atoms with van der Waals surface area (Å²) in [7, 11) is 0. The third-order valence-corrected chi connectivity index (χ3v) is 3.38. The van der Waals surface area contributed by atoms with Gasteiger partial charge in [0.1, 0.15) is 6.54 Å². The van der Waals surface area contributed by atoms with Crippen LogP contribution < -0.4 is 4.90 Å². The van der Waals surface area contributed by atoms with Crippen LogP contribution in [-0.2, 0) is 11.3 Å². The highest BCUT2D eigenvalue weighted by molar-refractivity contribution is 5.73. The number of nitrogens with zero attached hydrogens (tertiary/aromatic N) is 1.